The number of rotatable bonds is 10. The number of halogens is 1. The second-order valence-corrected chi connectivity index (χ2v) is 4.98. The molecule has 3 nitrogen and oxygen atoms in total. The Morgan fingerprint density at radius 2 is 2.16 bits per heavy atom. The van der Waals surface area contributed by atoms with E-state index in [1.165, 1.54) is 12.8 Å². The van der Waals surface area contributed by atoms with E-state index in [2.05, 4.69) is 12.2 Å². The smallest absolute Gasteiger partial charge is 0.120 e. The Bertz CT molecular complexity index is 347. The van der Waals surface area contributed by atoms with E-state index in [1.54, 1.807) is 12.1 Å². The zero-order chi connectivity index (χ0) is 13.9. The molecule has 0 amide bonds. The van der Waals surface area contributed by atoms with Gasteiger partial charge in [0, 0.05) is 11.6 Å². The Labute approximate surface area is 120 Å². The molecular weight excluding hydrogens is 262 g/mol. The number of aliphatic hydroxyl groups is 1. The molecule has 0 aliphatic rings. The van der Waals surface area contributed by atoms with Gasteiger partial charge in [-0.25, -0.2) is 0 Å². The fraction of sp³-hybridized carbons (Fsp3) is 0.533. The second kappa shape index (κ2) is 10.1. The maximum Gasteiger partial charge on any atom is 0.120 e. The van der Waals surface area contributed by atoms with E-state index in [-0.39, 0.29) is 6.61 Å². The van der Waals surface area contributed by atoms with Crippen LogP contribution >= 0.6 is 11.6 Å². The van der Waals surface area contributed by atoms with Gasteiger partial charge in [0.05, 0.1) is 0 Å². The monoisotopic (exact) mass is 284 g/mol. The van der Waals surface area contributed by atoms with Crippen LogP contribution in [0, 0.1) is 6.92 Å². The largest absolute Gasteiger partial charge is 0.491 e. The van der Waals surface area contributed by atoms with Gasteiger partial charge in [-0.2, -0.15) is 0 Å². The van der Waals surface area contributed by atoms with Crippen molar-refractivity contribution < 1.29 is 9.84 Å². The van der Waals surface area contributed by atoms with Gasteiger partial charge in [0.1, 0.15) is 18.5 Å². The van der Waals surface area contributed by atoms with Crippen LogP contribution in [-0.2, 0) is 0 Å². The fourth-order valence-electron chi connectivity index (χ4n) is 1.68. The summed E-state index contributed by atoms with van der Waals surface area (Å²) in [4.78, 5) is 0. The summed E-state index contributed by atoms with van der Waals surface area (Å²) in [6.07, 6.45) is 3.97. The maximum atomic E-state index is 9.75. The Kier molecular flexibility index (Phi) is 8.63. The molecule has 2 N–H and O–H groups in total. The summed E-state index contributed by atoms with van der Waals surface area (Å²) >= 11 is 5.84. The molecule has 1 rings (SSSR count). The van der Waals surface area contributed by atoms with Crippen LogP contribution in [0.15, 0.2) is 24.3 Å². The van der Waals surface area contributed by atoms with Crippen molar-refractivity contribution in [1.82, 2.24) is 5.32 Å². The van der Waals surface area contributed by atoms with Crippen molar-refractivity contribution in [2.24, 2.45) is 0 Å². The highest BCUT2D eigenvalue weighted by atomic mass is 35.5. The Balaban J connectivity index is 2.06. The molecule has 1 unspecified atom stereocenters. The van der Waals surface area contributed by atoms with Gasteiger partial charge in [0.25, 0.3) is 0 Å². The van der Waals surface area contributed by atoms with Crippen molar-refractivity contribution in [3.05, 3.63) is 36.2 Å². The van der Waals surface area contributed by atoms with E-state index < -0.39 is 6.10 Å². The number of unbranched alkanes of at least 4 members (excludes halogenated alkanes) is 3. The molecule has 0 saturated carbocycles. The van der Waals surface area contributed by atoms with Crippen LogP contribution in [0.5, 0.6) is 5.75 Å². The minimum atomic E-state index is -0.508. The quantitative estimate of drug-likeness (QED) is 0.649. The molecule has 19 heavy (non-hydrogen) atoms. The third-order valence-corrected chi connectivity index (χ3v) is 2.96. The number of benzene rings is 1. The van der Waals surface area contributed by atoms with Gasteiger partial charge in [-0.1, -0.05) is 43.9 Å². The van der Waals surface area contributed by atoms with Gasteiger partial charge in [-0.15, -0.1) is 0 Å². The van der Waals surface area contributed by atoms with Crippen LogP contribution in [0.4, 0.5) is 0 Å². The molecule has 0 aromatic heterocycles. The molecule has 1 aromatic rings. The minimum Gasteiger partial charge on any atom is -0.491 e. The first-order chi connectivity index (χ1) is 9.22. The lowest BCUT2D eigenvalue weighted by Gasteiger charge is -2.13. The zero-order valence-corrected chi connectivity index (χ0v) is 12.0. The van der Waals surface area contributed by atoms with Crippen molar-refractivity contribution >= 4 is 11.6 Å². The predicted octanol–water partition coefficient (Wildman–Crippen LogP) is 3.06. The highest BCUT2D eigenvalue weighted by Gasteiger charge is 2.04. The Hall–Kier alpha value is -0.770. The number of nitrogens with one attached hydrogen (secondary N) is 1. The van der Waals surface area contributed by atoms with Crippen LogP contribution in [0.2, 0.25) is 5.02 Å². The first-order valence-electron chi connectivity index (χ1n) is 6.78. The van der Waals surface area contributed by atoms with E-state index in [9.17, 15) is 5.11 Å². The molecule has 0 aliphatic heterocycles. The molecule has 0 bridgehead atoms. The molecular formula is C15H23ClNO2. The normalized spacial score (nSPS) is 12.4. The summed E-state index contributed by atoms with van der Waals surface area (Å²) in [6.45, 7) is 5.55. The lowest BCUT2D eigenvalue weighted by molar-refractivity contribution is 0.106. The zero-order valence-electron chi connectivity index (χ0n) is 11.3. The molecule has 0 fully saturated rings. The van der Waals surface area contributed by atoms with Crippen molar-refractivity contribution in [3.63, 3.8) is 0 Å². The molecule has 1 atom stereocenters. The third-order valence-electron chi connectivity index (χ3n) is 2.72. The summed E-state index contributed by atoms with van der Waals surface area (Å²) in [7, 11) is 0. The van der Waals surface area contributed by atoms with Crippen LogP contribution in [0.1, 0.15) is 25.7 Å². The second-order valence-electron chi connectivity index (χ2n) is 4.54. The Morgan fingerprint density at radius 1 is 1.32 bits per heavy atom. The van der Waals surface area contributed by atoms with E-state index >= 15 is 0 Å². The molecule has 0 saturated heterocycles. The molecule has 1 aromatic carbocycles. The Morgan fingerprint density at radius 3 is 2.89 bits per heavy atom. The number of hydrogen-bond donors (Lipinski definition) is 2. The summed E-state index contributed by atoms with van der Waals surface area (Å²) < 4.78 is 5.46. The van der Waals surface area contributed by atoms with Crippen molar-refractivity contribution in [3.8, 4) is 5.75 Å². The van der Waals surface area contributed by atoms with E-state index in [1.807, 2.05) is 12.1 Å². The van der Waals surface area contributed by atoms with Gasteiger partial charge in [-0.3, -0.25) is 0 Å². The van der Waals surface area contributed by atoms with Gasteiger partial charge in [0.2, 0.25) is 0 Å². The SMILES string of the molecule is [CH2]CCCCCNCC(O)COc1cccc(Cl)c1. The summed E-state index contributed by atoms with van der Waals surface area (Å²) in [5.41, 5.74) is 0. The maximum absolute atomic E-state index is 9.75. The molecule has 1 radical (unpaired) electrons. The van der Waals surface area contributed by atoms with Gasteiger partial charge in [0.15, 0.2) is 0 Å². The summed E-state index contributed by atoms with van der Waals surface area (Å²) in [5.74, 6) is 0.682. The van der Waals surface area contributed by atoms with Crippen LogP contribution in [0.3, 0.4) is 0 Å². The minimum absolute atomic E-state index is 0.270. The molecule has 0 aliphatic carbocycles. The number of hydrogen-bond acceptors (Lipinski definition) is 3. The fourth-order valence-corrected chi connectivity index (χ4v) is 1.86. The molecule has 0 spiro atoms. The van der Waals surface area contributed by atoms with Crippen molar-refractivity contribution in [2.45, 2.75) is 31.8 Å². The highest BCUT2D eigenvalue weighted by molar-refractivity contribution is 6.30. The van der Waals surface area contributed by atoms with Crippen LogP contribution < -0.4 is 10.1 Å². The first kappa shape index (κ1) is 16.3. The standard InChI is InChI=1S/C15H23ClNO2/c1-2-3-4-5-9-17-11-14(18)12-19-15-8-6-7-13(16)10-15/h6-8,10,14,17-18H,1-5,9,11-12H2. The van der Waals surface area contributed by atoms with E-state index in [0.29, 0.717) is 17.3 Å². The van der Waals surface area contributed by atoms with Crippen molar-refractivity contribution in [2.75, 3.05) is 19.7 Å². The summed E-state index contributed by atoms with van der Waals surface area (Å²) in [5, 5.41) is 13.6. The first-order valence-corrected chi connectivity index (χ1v) is 7.16. The molecule has 4 heteroatoms. The average Bonchev–Trinajstić information content (AvgIpc) is 2.40. The highest BCUT2D eigenvalue weighted by Crippen LogP contribution is 2.17. The van der Waals surface area contributed by atoms with E-state index in [4.69, 9.17) is 16.3 Å². The van der Waals surface area contributed by atoms with Gasteiger partial charge >= 0.3 is 0 Å². The lowest BCUT2D eigenvalue weighted by Crippen LogP contribution is -2.32. The van der Waals surface area contributed by atoms with Gasteiger partial charge < -0.3 is 15.2 Å². The average molecular weight is 285 g/mol. The van der Waals surface area contributed by atoms with Crippen LogP contribution in [0.25, 0.3) is 0 Å². The van der Waals surface area contributed by atoms with Crippen molar-refractivity contribution in [1.29, 1.82) is 0 Å². The molecule has 0 heterocycles. The molecule has 107 valence electrons. The number of ether oxygens (including phenoxy) is 1. The van der Waals surface area contributed by atoms with Crippen LogP contribution in [-0.4, -0.2) is 30.9 Å². The lowest BCUT2D eigenvalue weighted by atomic mass is 10.2. The number of aliphatic hydroxyl groups excluding tert-OH is 1. The summed E-state index contributed by atoms with van der Waals surface area (Å²) in [6, 6.07) is 7.18. The third kappa shape index (κ3) is 8.09. The topological polar surface area (TPSA) is 41.5 Å². The van der Waals surface area contributed by atoms with Gasteiger partial charge in [-0.05, 0) is 31.2 Å². The van der Waals surface area contributed by atoms with E-state index in [0.717, 1.165) is 19.4 Å². The predicted molar refractivity (Wildman–Crippen MR) is 79.6 cm³/mol.